The Morgan fingerprint density at radius 1 is 1.10 bits per heavy atom. The number of hydrogen-bond acceptors (Lipinski definition) is 5. The van der Waals surface area contributed by atoms with Crippen LogP contribution in [-0.4, -0.2) is 40.9 Å². The molecule has 2 aromatic rings. The predicted molar refractivity (Wildman–Crippen MR) is 114 cm³/mol. The lowest BCUT2D eigenvalue weighted by Gasteiger charge is -2.16. The molecule has 2 N–H and O–H groups in total. The van der Waals surface area contributed by atoms with Crippen molar-refractivity contribution in [3.05, 3.63) is 57.6 Å². The van der Waals surface area contributed by atoms with E-state index >= 15 is 0 Å². The van der Waals surface area contributed by atoms with Gasteiger partial charge < -0.3 is 10.1 Å². The quantitative estimate of drug-likeness (QED) is 0.546. The van der Waals surface area contributed by atoms with Crippen molar-refractivity contribution in [2.75, 3.05) is 12.4 Å². The van der Waals surface area contributed by atoms with Crippen LogP contribution in [0.5, 0.6) is 5.75 Å². The molecule has 3 rings (SSSR count). The summed E-state index contributed by atoms with van der Waals surface area (Å²) in [7, 11) is 1.41. The van der Waals surface area contributed by atoms with E-state index in [-0.39, 0.29) is 21.6 Å². The van der Waals surface area contributed by atoms with Gasteiger partial charge in [-0.1, -0.05) is 23.2 Å². The van der Waals surface area contributed by atoms with Crippen LogP contribution in [0.1, 0.15) is 27.6 Å². The first kappa shape index (κ1) is 21.0. The smallest absolute Gasteiger partial charge is 0.266 e. The Morgan fingerprint density at radius 2 is 1.79 bits per heavy atom. The second kappa shape index (κ2) is 8.36. The summed E-state index contributed by atoms with van der Waals surface area (Å²) in [5.74, 6) is -0.950. The van der Waals surface area contributed by atoms with Crippen LogP contribution in [0.3, 0.4) is 0 Å². The SMILES string of the molecule is CC(Oc1ccc(Cl)cc1Cl)C(=O)NC(=S)Nc1ccc2c(c1)C(=O)N(C)C2=O. The fourth-order valence-corrected chi connectivity index (χ4v) is 3.30. The molecule has 1 unspecified atom stereocenters. The summed E-state index contributed by atoms with van der Waals surface area (Å²) in [6.07, 6.45) is -0.888. The van der Waals surface area contributed by atoms with Gasteiger partial charge in [-0.15, -0.1) is 0 Å². The fourth-order valence-electron chi connectivity index (χ4n) is 2.63. The molecule has 1 aliphatic heterocycles. The number of imide groups is 1. The second-order valence-corrected chi connectivity index (χ2v) is 7.46. The fraction of sp³-hybridized carbons (Fsp3) is 0.158. The van der Waals surface area contributed by atoms with Crippen molar-refractivity contribution in [3.8, 4) is 5.75 Å². The molecule has 2 aromatic carbocycles. The highest BCUT2D eigenvalue weighted by molar-refractivity contribution is 7.80. The minimum Gasteiger partial charge on any atom is -0.479 e. The van der Waals surface area contributed by atoms with Gasteiger partial charge in [0.15, 0.2) is 11.2 Å². The number of thiocarbonyl (C=S) groups is 1. The minimum absolute atomic E-state index is 0.0118. The molecule has 0 saturated carbocycles. The highest BCUT2D eigenvalue weighted by atomic mass is 35.5. The zero-order valence-corrected chi connectivity index (χ0v) is 17.6. The van der Waals surface area contributed by atoms with Crippen LogP contribution >= 0.6 is 35.4 Å². The standard InChI is InChI=1S/C19H15Cl2N3O4S/c1-9(28-15-6-3-10(20)7-14(15)21)16(25)23-19(29)22-11-4-5-12-13(8-11)18(27)24(2)17(12)26/h3-9H,1-2H3,(H2,22,23,25,29). The van der Waals surface area contributed by atoms with Gasteiger partial charge in [0.2, 0.25) is 0 Å². The van der Waals surface area contributed by atoms with Crippen molar-refractivity contribution < 1.29 is 19.1 Å². The number of carbonyl (C=O) groups excluding carboxylic acids is 3. The third-order valence-corrected chi connectivity index (χ3v) is 4.89. The Balaban J connectivity index is 1.61. The summed E-state index contributed by atoms with van der Waals surface area (Å²) < 4.78 is 5.53. The Bertz CT molecular complexity index is 1040. The van der Waals surface area contributed by atoms with Crippen LogP contribution in [0.25, 0.3) is 0 Å². The lowest BCUT2D eigenvalue weighted by molar-refractivity contribution is -0.125. The molecule has 3 amide bonds. The van der Waals surface area contributed by atoms with Gasteiger partial charge in [-0.25, -0.2) is 0 Å². The molecular formula is C19H15Cl2N3O4S. The molecule has 10 heteroatoms. The number of amides is 3. The zero-order chi connectivity index (χ0) is 21.3. The van der Waals surface area contributed by atoms with E-state index in [1.165, 1.54) is 25.2 Å². The Hall–Kier alpha value is -2.68. The lowest BCUT2D eigenvalue weighted by atomic mass is 10.1. The molecule has 1 aliphatic rings. The molecule has 0 bridgehead atoms. The molecule has 150 valence electrons. The van der Waals surface area contributed by atoms with Crippen LogP contribution < -0.4 is 15.4 Å². The summed E-state index contributed by atoms with van der Waals surface area (Å²) in [6.45, 7) is 1.54. The molecule has 0 radical (unpaired) electrons. The minimum atomic E-state index is -0.888. The first-order chi connectivity index (χ1) is 13.7. The average molecular weight is 452 g/mol. The highest BCUT2D eigenvalue weighted by Crippen LogP contribution is 2.28. The van der Waals surface area contributed by atoms with E-state index in [9.17, 15) is 14.4 Å². The summed E-state index contributed by atoms with van der Waals surface area (Å²) in [5, 5.41) is 6.05. The molecule has 1 heterocycles. The van der Waals surface area contributed by atoms with Gasteiger partial charge in [-0.3, -0.25) is 24.6 Å². The largest absolute Gasteiger partial charge is 0.479 e. The van der Waals surface area contributed by atoms with Crippen molar-refractivity contribution in [2.24, 2.45) is 0 Å². The monoisotopic (exact) mass is 451 g/mol. The number of hydrogen-bond donors (Lipinski definition) is 2. The molecule has 0 spiro atoms. The van der Waals surface area contributed by atoms with Gasteiger partial charge in [-0.2, -0.15) is 0 Å². The predicted octanol–water partition coefficient (Wildman–Crippen LogP) is 3.50. The van der Waals surface area contributed by atoms with E-state index < -0.39 is 17.9 Å². The Labute approximate surface area is 181 Å². The van der Waals surface area contributed by atoms with Crippen LogP contribution in [0.4, 0.5) is 5.69 Å². The van der Waals surface area contributed by atoms with E-state index in [0.29, 0.717) is 22.0 Å². The number of nitrogens with one attached hydrogen (secondary N) is 2. The van der Waals surface area contributed by atoms with Crippen molar-refractivity contribution in [3.63, 3.8) is 0 Å². The third-order valence-electron chi connectivity index (χ3n) is 4.15. The van der Waals surface area contributed by atoms with E-state index in [2.05, 4.69) is 10.6 Å². The van der Waals surface area contributed by atoms with Crippen LogP contribution in [0.15, 0.2) is 36.4 Å². The Kier molecular flexibility index (Phi) is 6.07. The Morgan fingerprint density at radius 3 is 2.48 bits per heavy atom. The van der Waals surface area contributed by atoms with Gasteiger partial charge in [0.1, 0.15) is 5.75 Å². The third kappa shape index (κ3) is 4.50. The maximum Gasteiger partial charge on any atom is 0.266 e. The van der Waals surface area contributed by atoms with Crippen molar-refractivity contribution in [2.45, 2.75) is 13.0 Å². The van der Waals surface area contributed by atoms with E-state index in [4.69, 9.17) is 40.2 Å². The average Bonchev–Trinajstić information content (AvgIpc) is 2.87. The van der Waals surface area contributed by atoms with Crippen LogP contribution in [0.2, 0.25) is 10.0 Å². The van der Waals surface area contributed by atoms with Crippen molar-refractivity contribution in [1.29, 1.82) is 0 Å². The molecule has 0 aromatic heterocycles. The second-order valence-electron chi connectivity index (χ2n) is 6.21. The lowest BCUT2D eigenvalue weighted by Crippen LogP contribution is -2.42. The van der Waals surface area contributed by atoms with Gasteiger partial charge in [0.25, 0.3) is 17.7 Å². The summed E-state index contributed by atoms with van der Waals surface area (Å²) >= 11 is 17.0. The number of nitrogens with zero attached hydrogens (tertiary/aromatic N) is 1. The van der Waals surface area contributed by atoms with Gasteiger partial charge >= 0.3 is 0 Å². The molecule has 0 aliphatic carbocycles. The number of fused-ring (bicyclic) bond motifs is 1. The number of rotatable bonds is 4. The number of ether oxygens (including phenoxy) is 1. The molecular weight excluding hydrogens is 437 g/mol. The van der Waals surface area contributed by atoms with E-state index in [0.717, 1.165) is 4.90 Å². The summed E-state index contributed by atoms with van der Waals surface area (Å²) in [5.41, 5.74) is 1.05. The van der Waals surface area contributed by atoms with Gasteiger partial charge in [-0.05, 0) is 55.5 Å². The highest BCUT2D eigenvalue weighted by Gasteiger charge is 2.32. The maximum absolute atomic E-state index is 12.3. The van der Waals surface area contributed by atoms with Crippen LogP contribution in [-0.2, 0) is 4.79 Å². The number of halogens is 2. The van der Waals surface area contributed by atoms with Gasteiger partial charge in [0.05, 0.1) is 16.1 Å². The van der Waals surface area contributed by atoms with Gasteiger partial charge in [0, 0.05) is 17.8 Å². The summed E-state index contributed by atoms with van der Waals surface area (Å²) in [4.78, 5) is 37.3. The molecule has 0 fully saturated rings. The van der Waals surface area contributed by atoms with E-state index in [1.807, 2.05) is 0 Å². The zero-order valence-electron chi connectivity index (χ0n) is 15.3. The summed E-state index contributed by atoms with van der Waals surface area (Å²) in [6, 6.07) is 9.29. The normalized spacial score (nSPS) is 13.7. The van der Waals surface area contributed by atoms with Crippen LogP contribution in [0, 0.1) is 0 Å². The first-order valence-electron chi connectivity index (χ1n) is 8.37. The molecule has 0 saturated heterocycles. The van der Waals surface area contributed by atoms with Crippen molar-refractivity contribution in [1.82, 2.24) is 10.2 Å². The molecule has 29 heavy (non-hydrogen) atoms. The van der Waals surface area contributed by atoms with E-state index in [1.54, 1.807) is 25.1 Å². The number of anilines is 1. The molecule has 7 nitrogen and oxygen atoms in total. The molecule has 1 atom stereocenters. The topological polar surface area (TPSA) is 87.7 Å². The van der Waals surface area contributed by atoms with Crippen molar-refractivity contribution >= 4 is 63.9 Å². The number of carbonyl (C=O) groups is 3. The first-order valence-corrected chi connectivity index (χ1v) is 9.53. The maximum atomic E-state index is 12.3. The number of benzene rings is 2.